The highest BCUT2D eigenvalue weighted by molar-refractivity contribution is 5.40. The molecule has 2 N–H and O–H groups in total. The summed E-state index contributed by atoms with van der Waals surface area (Å²) in [6.07, 6.45) is -5.50. The number of hydrogen-bond donors (Lipinski definition) is 1. The van der Waals surface area contributed by atoms with E-state index in [9.17, 15) is 17.6 Å². The normalized spacial score (nSPS) is 14.6. The molecular weight excluding hydrogens is 372 g/mol. The summed E-state index contributed by atoms with van der Waals surface area (Å²) in [5, 5.41) is 0. The zero-order valence-corrected chi connectivity index (χ0v) is 16.7. The smallest absolute Gasteiger partial charge is 0.406 e. The quantitative estimate of drug-likeness (QED) is 0.696. The standard InChI is InChI=1S/C21H26F4N2O/c1-13-8-15(9-14(2)27-13)11-20(26,21(23,24)25)12-19(3,4)17-10-16(22)6-7-18(17)28-5/h6-10H,11-12,26H2,1-5H3. The molecule has 154 valence electrons. The Kier molecular flexibility index (Phi) is 6.09. The van der Waals surface area contributed by atoms with Crippen molar-refractivity contribution in [3.8, 4) is 5.75 Å². The third-order valence-electron chi connectivity index (χ3n) is 4.87. The summed E-state index contributed by atoms with van der Waals surface area (Å²) in [5.41, 5.74) is 4.45. The van der Waals surface area contributed by atoms with Crippen LogP contribution in [0.25, 0.3) is 0 Å². The van der Waals surface area contributed by atoms with Gasteiger partial charge in [0.05, 0.1) is 7.11 Å². The highest BCUT2D eigenvalue weighted by Gasteiger charge is 2.54. The van der Waals surface area contributed by atoms with Gasteiger partial charge in [0.1, 0.15) is 17.1 Å². The Morgan fingerprint density at radius 3 is 2.11 bits per heavy atom. The SMILES string of the molecule is COc1ccc(F)cc1C(C)(C)CC(N)(Cc1cc(C)nc(C)c1)C(F)(F)F. The Bertz CT molecular complexity index is 829. The van der Waals surface area contributed by atoms with Gasteiger partial charge in [-0.3, -0.25) is 4.98 Å². The van der Waals surface area contributed by atoms with Crippen molar-refractivity contribution in [3.63, 3.8) is 0 Å². The summed E-state index contributed by atoms with van der Waals surface area (Å²) in [5.74, 6) is -0.217. The second-order valence-electron chi connectivity index (χ2n) is 7.99. The highest BCUT2D eigenvalue weighted by atomic mass is 19.4. The van der Waals surface area contributed by atoms with Crippen LogP contribution in [0.2, 0.25) is 0 Å². The number of hydrogen-bond acceptors (Lipinski definition) is 3. The number of pyridine rings is 1. The number of nitrogens with zero attached hydrogens (tertiary/aromatic N) is 1. The van der Waals surface area contributed by atoms with E-state index < -0.39 is 35.8 Å². The second kappa shape index (κ2) is 7.70. The van der Waals surface area contributed by atoms with Crippen LogP contribution < -0.4 is 10.5 Å². The third kappa shape index (κ3) is 4.82. The summed E-state index contributed by atoms with van der Waals surface area (Å²) >= 11 is 0. The molecule has 0 radical (unpaired) electrons. The molecule has 0 saturated heterocycles. The lowest BCUT2D eigenvalue weighted by Crippen LogP contribution is -2.58. The number of methoxy groups -OCH3 is 1. The van der Waals surface area contributed by atoms with Crippen molar-refractivity contribution in [2.75, 3.05) is 7.11 Å². The first-order chi connectivity index (χ1) is 12.8. The highest BCUT2D eigenvalue weighted by Crippen LogP contribution is 2.44. The van der Waals surface area contributed by atoms with Crippen LogP contribution in [0.4, 0.5) is 17.6 Å². The summed E-state index contributed by atoms with van der Waals surface area (Å²) in [6.45, 7) is 6.68. The van der Waals surface area contributed by atoms with Crippen molar-refractivity contribution in [1.82, 2.24) is 4.98 Å². The summed E-state index contributed by atoms with van der Waals surface area (Å²) in [7, 11) is 1.40. The van der Waals surface area contributed by atoms with Crippen LogP contribution in [0.5, 0.6) is 5.75 Å². The van der Waals surface area contributed by atoms with Gasteiger partial charge in [-0.15, -0.1) is 0 Å². The van der Waals surface area contributed by atoms with E-state index >= 15 is 0 Å². The predicted molar refractivity (Wildman–Crippen MR) is 101 cm³/mol. The molecular formula is C21H26F4N2O. The van der Waals surface area contributed by atoms with E-state index in [0.29, 0.717) is 28.3 Å². The monoisotopic (exact) mass is 398 g/mol. The van der Waals surface area contributed by atoms with Gasteiger partial charge < -0.3 is 10.5 Å². The maximum atomic E-state index is 14.1. The van der Waals surface area contributed by atoms with Gasteiger partial charge in [-0.1, -0.05) is 13.8 Å². The lowest BCUT2D eigenvalue weighted by molar-refractivity contribution is -0.191. The van der Waals surface area contributed by atoms with Crippen LogP contribution in [0, 0.1) is 19.7 Å². The second-order valence-corrected chi connectivity index (χ2v) is 7.99. The maximum absolute atomic E-state index is 14.1. The molecule has 28 heavy (non-hydrogen) atoms. The first kappa shape index (κ1) is 22.1. The molecule has 3 nitrogen and oxygen atoms in total. The molecule has 0 bridgehead atoms. The van der Waals surface area contributed by atoms with Gasteiger partial charge in [0.15, 0.2) is 0 Å². The fraction of sp³-hybridized carbons (Fsp3) is 0.476. The minimum absolute atomic E-state index is 0.325. The molecule has 0 saturated carbocycles. The Morgan fingerprint density at radius 1 is 1.04 bits per heavy atom. The Hall–Kier alpha value is -2.15. The molecule has 7 heteroatoms. The maximum Gasteiger partial charge on any atom is 0.406 e. The summed E-state index contributed by atoms with van der Waals surface area (Å²) < 4.78 is 61.2. The minimum Gasteiger partial charge on any atom is -0.496 e. The van der Waals surface area contributed by atoms with Crippen LogP contribution in [0.3, 0.4) is 0 Å². The van der Waals surface area contributed by atoms with E-state index in [1.807, 2.05) is 0 Å². The molecule has 1 atom stereocenters. The van der Waals surface area contributed by atoms with E-state index in [-0.39, 0.29) is 0 Å². The van der Waals surface area contributed by atoms with Crippen LogP contribution in [0.1, 0.15) is 42.8 Å². The van der Waals surface area contributed by atoms with Crippen LogP contribution >= 0.6 is 0 Å². The number of nitrogens with two attached hydrogens (primary N) is 1. The van der Waals surface area contributed by atoms with Crippen molar-refractivity contribution in [2.24, 2.45) is 5.73 Å². The van der Waals surface area contributed by atoms with Crippen molar-refractivity contribution in [3.05, 3.63) is 58.7 Å². The van der Waals surface area contributed by atoms with E-state index in [1.165, 1.54) is 25.3 Å². The van der Waals surface area contributed by atoms with Gasteiger partial charge in [0, 0.05) is 17.0 Å². The molecule has 2 aromatic rings. The first-order valence-corrected chi connectivity index (χ1v) is 8.91. The van der Waals surface area contributed by atoms with Crippen molar-refractivity contribution in [1.29, 1.82) is 0 Å². The Labute approximate surface area is 162 Å². The molecule has 0 spiro atoms. The van der Waals surface area contributed by atoms with Gasteiger partial charge in [0.25, 0.3) is 0 Å². The van der Waals surface area contributed by atoms with E-state index in [0.717, 1.165) is 0 Å². The van der Waals surface area contributed by atoms with Crippen LogP contribution in [-0.4, -0.2) is 23.8 Å². The van der Waals surface area contributed by atoms with Crippen molar-refractivity contribution in [2.45, 2.75) is 57.7 Å². The number of halogens is 4. The predicted octanol–water partition coefficient (Wildman–Crippen LogP) is 5.02. The lowest BCUT2D eigenvalue weighted by atomic mass is 9.71. The lowest BCUT2D eigenvalue weighted by Gasteiger charge is -2.39. The summed E-state index contributed by atoms with van der Waals surface area (Å²) in [4.78, 5) is 4.20. The summed E-state index contributed by atoms with van der Waals surface area (Å²) in [6, 6.07) is 7.04. The number of rotatable bonds is 6. The molecule has 1 unspecified atom stereocenters. The average molecular weight is 398 g/mol. The fourth-order valence-electron chi connectivity index (χ4n) is 3.74. The molecule has 0 amide bonds. The number of aryl methyl sites for hydroxylation is 2. The van der Waals surface area contributed by atoms with Crippen molar-refractivity contribution < 1.29 is 22.3 Å². The van der Waals surface area contributed by atoms with Crippen LogP contribution in [-0.2, 0) is 11.8 Å². The number of benzene rings is 1. The van der Waals surface area contributed by atoms with Gasteiger partial charge in [-0.25, -0.2) is 4.39 Å². The van der Waals surface area contributed by atoms with Gasteiger partial charge >= 0.3 is 6.18 Å². The molecule has 1 aromatic carbocycles. The topological polar surface area (TPSA) is 48.1 Å². The van der Waals surface area contributed by atoms with Crippen LogP contribution in [0.15, 0.2) is 30.3 Å². The first-order valence-electron chi connectivity index (χ1n) is 8.91. The molecule has 1 heterocycles. The molecule has 1 aromatic heterocycles. The average Bonchev–Trinajstić information content (AvgIpc) is 2.52. The Morgan fingerprint density at radius 2 is 1.61 bits per heavy atom. The Balaban J connectivity index is 2.47. The van der Waals surface area contributed by atoms with Gasteiger partial charge in [-0.05, 0) is 68.0 Å². The minimum atomic E-state index is -4.66. The van der Waals surface area contributed by atoms with E-state index in [2.05, 4.69) is 4.98 Å². The number of aromatic nitrogens is 1. The zero-order valence-electron chi connectivity index (χ0n) is 16.7. The molecule has 0 aliphatic carbocycles. The third-order valence-corrected chi connectivity index (χ3v) is 4.87. The largest absolute Gasteiger partial charge is 0.496 e. The van der Waals surface area contributed by atoms with Gasteiger partial charge in [0.2, 0.25) is 0 Å². The fourth-order valence-corrected chi connectivity index (χ4v) is 3.74. The van der Waals surface area contributed by atoms with Crippen molar-refractivity contribution >= 4 is 0 Å². The molecule has 0 aliphatic heterocycles. The zero-order chi connectivity index (χ0) is 21.3. The molecule has 0 aliphatic rings. The van der Waals surface area contributed by atoms with E-state index in [4.69, 9.17) is 10.5 Å². The molecule has 0 fully saturated rings. The van der Waals surface area contributed by atoms with E-state index in [1.54, 1.807) is 39.8 Å². The van der Waals surface area contributed by atoms with Gasteiger partial charge in [-0.2, -0.15) is 13.2 Å². The molecule has 2 rings (SSSR count). The number of ether oxygens (including phenoxy) is 1. The number of alkyl halides is 3.